The van der Waals surface area contributed by atoms with Gasteiger partial charge in [-0.3, -0.25) is 14.4 Å². The van der Waals surface area contributed by atoms with Crippen LogP contribution in [0.4, 0.5) is 0 Å². The van der Waals surface area contributed by atoms with Gasteiger partial charge in [-0.05, 0) is 37.3 Å². The summed E-state index contributed by atoms with van der Waals surface area (Å²) in [5.74, 6) is -2.39. The molecule has 3 saturated heterocycles. The van der Waals surface area contributed by atoms with E-state index in [0.717, 1.165) is 30.4 Å². The average molecular weight is 534 g/mol. The van der Waals surface area contributed by atoms with Crippen molar-refractivity contribution in [2.24, 2.45) is 11.8 Å². The van der Waals surface area contributed by atoms with Gasteiger partial charge in [-0.25, -0.2) is 0 Å². The molecule has 3 aliphatic heterocycles. The molecule has 5 rings (SSSR count). The lowest BCUT2D eigenvalue weighted by molar-refractivity contribution is -0.149. The third-order valence-corrected chi connectivity index (χ3v) is 8.83. The summed E-state index contributed by atoms with van der Waals surface area (Å²) in [7, 11) is 0. The summed E-state index contributed by atoms with van der Waals surface area (Å²) < 4.78 is 6.68. The summed E-state index contributed by atoms with van der Waals surface area (Å²) >= 11 is 0. The predicted octanol–water partition coefficient (Wildman–Crippen LogP) is 3.11. The number of hydrogen-bond acceptors (Lipinski definition) is 5. The summed E-state index contributed by atoms with van der Waals surface area (Å²) in [6.07, 6.45) is 3.92. The summed E-state index contributed by atoms with van der Waals surface area (Å²) in [5, 5.41) is 16.6. The van der Waals surface area contributed by atoms with Crippen molar-refractivity contribution in [1.29, 1.82) is 0 Å². The van der Waals surface area contributed by atoms with Crippen molar-refractivity contribution in [2.45, 2.75) is 75.8 Å². The molecule has 0 saturated carbocycles. The van der Waals surface area contributed by atoms with Crippen LogP contribution in [0.3, 0.4) is 0 Å². The standard InChI is InChI=1S/C31H39N3O5/c1-3-4-11-18-32-28(37)26-31-17-16-30(2,39-31)24(27(36)33-19-21-12-7-5-8-13-21)25(31)29(38)34(26)23(20-35)22-14-9-6-10-15-22/h5-10,12-15,23-26,35H,3-4,11,16-20H2,1-2H3,(H,32,37)(H,33,36)/t23-,24+,25+,26?,30-,31?/m1/s1. The fraction of sp³-hybridized carbons (Fsp3) is 0.516. The Labute approximate surface area is 230 Å². The van der Waals surface area contributed by atoms with Gasteiger partial charge < -0.3 is 25.4 Å². The Morgan fingerprint density at radius 1 is 1.03 bits per heavy atom. The van der Waals surface area contributed by atoms with Crippen molar-refractivity contribution in [3.63, 3.8) is 0 Å². The topological polar surface area (TPSA) is 108 Å². The Balaban J connectivity index is 1.49. The molecule has 2 aromatic carbocycles. The van der Waals surface area contributed by atoms with E-state index in [1.807, 2.05) is 67.6 Å². The van der Waals surface area contributed by atoms with E-state index in [0.29, 0.717) is 25.9 Å². The molecular weight excluding hydrogens is 494 g/mol. The predicted molar refractivity (Wildman–Crippen MR) is 146 cm³/mol. The molecule has 2 unspecified atom stereocenters. The molecule has 1 spiro atoms. The molecule has 8 nitrogen and oxygen atoms in total. The smallest absolute Gasteiger partial charge is 0.245 e. The summed E-state index contributed by atoms with van der Waals surface area (Å²) in [5.41, 5.74) is -0.283. The van der Waals surface area contributed by atoms with E-state index < -0.39 is 35.1 Å². The van der Waals surface area contributed by atoms with E-state index in [2.05, 4.69) is 17.6 Å². The maximum Gasteiger partial charge on any atom is 0.245 e. The fourth-order valence-electron chi connectivity index (χ4n) is 7.01. The van der Waals surface area contributed by atoms with Gasteiger partial charge in [0.2, 0.25) is 17.7 Å². The monoisotopic (exact) mass is 533 g/mol. The Hall–Kier alpha value is -3.23. The average Bonchev–Trinajstić information content (AvgIpc) is 3.52. The molecule has 0 radical (unpaired) electrons. The first-order chi connectivity index (χ1) is 18.9. The highest BCUT2D eigenvalue weighted by Gasteiger charge is 2.78. The van der Waals surface area contributed by atoms with Gasteiger partial charge >= 0.3 is 0 Å². The van der Waals surface area contributed by atoms with Crippen molar-refractivity contribution in [2.75, 3.05) is 13.2 Å². The van der Waals surface area contributed by atoms with Crippen LogP contribution in [0.2, 0.25) is 0 Å². The largest absolute Gasteiger partial charge is 0.394 e. The Morgan fingerprint density at radius 3 is 2.38 bits per heavy atom. The lowest BCUT2D eigenvalue weighted by atomic mass is 9.66. The third kappa shape index (κ3) is 4.74. The van der Waals surface area contributed by atoms with Crippen LogP contribution in [-0.2, 0) is 25.7 Å². The van der Waals surface area contributed by atoms with E-state index >= 15 is 0 Å². The highest BCUT2D eigenvalue weighted by Crippen LogP contribution is 2.64. The number of nitrogens with zero attached hydrogens (tertiary/aromatic N) is 1. The number of ether oxygens (including phenoxy) is 1. The number of aliphatic hydroxyl groups excluding tert-OH is 1. The lowest BCUT2D eigenvalue weighted by Crippen LogP contribution is -2.56. The molecule has 39 heavy (non-hydrogen) atoms. The highest BCUT2D eigenvalue weighted by atomic mass is 16.5. The fourth-order valence-corrected chi connectivity index (χ4v) is 7.01. The molecule has 0 aliphatic carbocycles. The lowest BCUT2D eigenvalue weighted by Gasteiger charge is -2.37. The van der Waals surface area contributed by atoms with Crippen molar-refractivity contribution in [3.05, 3.63) is 71.8 Å². The van der Waals surface area contributed by atoms with Gasteiger partial charge in [0, 0.05) is 13.1 Å². The zero-order valence-corrected chi connectivity index (χ0v) is 22.8. The van der Waals surface area contributed by atoms with Crippen molar-refractivity contribution in [1.82, 2.24) is 15.5 Å². The number of nitrogens with one attached hydrogen (secondary N) is 2. The number of rotatable bonds is 11. The van der Waals surface area contributed by atoms with Crippen LogP contribution in [0.1, 0.15) is 63.1 Å². The first-order valence-electron chi connectivity index (χ1n) is 14.1. The van der Waals surface area contributed by atoms with Crippen LogP contribution < -0.4 is 10.6 Å². The molecule has 8 heteroatoms. The number of likely N-dealkylation sites (tertiary alicyclic amines) is 1. The number of fused-ring (bicyclic) bond motifs is 1. The molecule has 2 aromatic rings. The van der Waals surface area contributed by atoms with Gasteiger partial charge in [0.1, 0.15) is 11.6 Å². The maximum absolute atomic E-state index is 14.3. The molecule has 6 atom stereocenters. The SMILES string of the molecule is CCCCCNC(=O)C1N([C@H](CO)c2ccccc2)C(=O)[C@@H]2[C@@H](C(=O)NCc3ccccc3)[C@@]3(C)CCC12O3. The van der Waals surface area contributed by atoms with Crippen LogP contribution in [0.25, 0.3) is 0 Å². The van der Waals surface area contributed by atoms with Crippen molar-refractivity contribution in [3.8, 4) is 0 Å². The normalized spacial score (nSPS) is 29.8. The zero-order valence-electron chi connectivity index (χ0n) is 22.8. The van der Waals surface area contributed by atoms with Crippen LogP contribution >= 0.6 is 0 Å². The summed E-state index contributed by atoms with van der Waals surface area (Å²) in [6.45, 7) is 4.48. The molecule has 3 aliphatic rings. The number of unbranched alkanes of at least 4 members (excludes halogenated alkanes) is 2. The molecule has 3 N–H and O–H groups in total. The Kier molecular flexibility index (Phi) is 7.78. The molecule has 3 fully saturated rings. The molecule has 3 amide bonds. The van der Waals surface area contributed by atoms with Gasteiger partial charge in [-0.2, -0.15) is 0 Å². The van der Waals surface area contributed by atoms with E-state index in [9.17, 15) is 19.5 Å². The van der Waals surface area contributed by atoms with Gasteiger partial charge in [0.25, 0.3) is 0 Å². The van der Waals surface area contributed by atoms with E-state index in [1.54, 1.807) is 0 Å². The van der Waals surface area contributed by atoms with Gasteiger partial charge in [-0.1, -0.05) is 80.4 Å². The van der Waals surface area contributed by atoms with Crippen LogP contribution in [-0.4, -0.2) is 58.1 Å². The first-order valence-corrected chi connectivity index (χ1v) is 14.1. The highest BCUT2D eigenvalue weighted by molar-refractivity contribution is 5.99. The van der Waals surface area contributed by atoms with E-state index in [4.69, 9.17) is 4.74 Å². The number of hydrogen-bond donors (Lipinski definition) is 3. The number of aliphatic hydroxyl groups is 1. The van der Waals surface area contributed by atoms with Crippen LogP contribution in [0.15, 0.2) is 60.7 Å². The summed E-state index contributed by atoms with van der Waals surface area (Å²) in [6, 6.07) is 17.2. The Morgan fingerprint density at radius 2 is 1.72 bits per heavy atom. The number of carbonyl (C=O) groups is 3. The Bertz CT molecular complexity index is 1190. The second-order valence-electron chi connectivity index (χ2n) is 11.3. The molecule has 0 aromatic heterocycles. The third-order valence-electron chi connectivity index (χ3n) is 8.83. The maximum atomic E-state index is 14.3. The molecule has 3 heterocycles. The molecule has 208 valence electrons. The minimum absolute atomic E-state index is 0.245. The quantitative estimate of drug-likeness (QED) is 0.385. The van der Waals surface area contributed by atoms with Crippen molar-refractivity contribution < 1.29 is 24.2 Å². The second-order valence-corrected chi connectivity index (χ2v) is 11.3. The van der Waals surface area contributed by atoms with Crippen LogP contribution in [0, 0.1) is 11.8 Å². The molecule has 2 bridgehead atoms. The molecular formula is C31H39N3O5. The van der Waals surface area contributed by atoms with Crippen molar-refractivity contribution >= 4 is 17.7 Å². The minimum atomic E-state index is -1.13. The zero-order chi connectivity index (χ0) is 27.6. The second kappa shape index (κ2) is 11.1. The van der Waals surface area contributed by atoms with E-state index in [1.165, 1.54) is 4.90 Å². The van der Waals surface area contributed by atoms with Gasteiger partial charge in [0.15, 0.2) is 0 Å². The number of benzene rings is 2. The van der Waals surface area contributed by atoms with E-state index in [-0.39, 0.29) is 24.3 Å². The van der Waals surface area contributed by atoms with Crippen LogP contribution in [0.5, 0.6) is 0 Å². The van der Waals surface area contributed by atoms with Gasteiger partial charge in [-0.15, -0.1) is 0 Å². The summed E-state index contributed by atoms with van der Waals surface area (Å²) in [4.78, 5) is 43.4. The number of carbonyl (C=O) groups excluding carboxylic acids is 3. The number of amides is 3. The minimum Gasteiger partial charge on any atom is -0.394 e. The first kappa shape index (κ1) is 27.3. The van der Waals surface area contributed by atoms with Gasteiger partial charge in [0.05, 0.1) is 30.1 Å².